The normalized spacial score (nSPS) is 22.5. The zero-order chi connectivity index (χ0) is 20.3. The fraction of sp³-hybridized carbons (Fsp3) is 0.500. The molecular weight excluding hydrogens is 304 g/mol. The van der Waals surface area contributed by atoms with Gasteiger partial charge in [-0.15, -0.1) is 0 Å². The van der Waals surface area contributed by atoms with E-state index in [9.17, 15) is 0 Å². The highest BCUT2D eigenvalue weighted by Gasteiger charge is 2.29. The number of rotatable bonds is 4. The van der Waals surface area contributed by atoms with Gasteiger partial charge in [0, 0.05) is 5.92 Å². The molecule has 144 valence electrons. The summed E-state index contributed by atoms with van der Waals surface area (Å²) in [6.45, 7) is 25.9. The number of hydrogen-bond acceptors (Lipinski definition) is 1. The van der Waals surface area contributed by atoms with E-state index in [1.807, 2.05) is 79.7 Å². The molecule has 1 nitrogen and oxygen atoms in total. The van der Waals surface area contributed by atoms with Crippen molar-refractivity contribution < 1.29 is 4.74 Å². The van der Waals surface area contributed by atoms with Gasteiger partial charge in [0.25, 0.3) is 0 Å². The Morgan fingerprint density at radius 3 is 2.00 bits per heavy atom. The van der Waals surface area contributed by atoms with Crippen molar-refractivity contribution in [2.45, 2.75) is 74.8 Å². The van der Waals surface area contributed by atoms with Crippen molar-refractivity contribution in [3.05, 3.63) is 72.6 Å². The summed E-state index contributed by atoms with van der Waals surface area (Å²) in [6.07, 6.45) is 14.9. The van der Waals surface area contributed by atoms with Crippen LogP contribution in [0.3, 0.4) is 0 Å². The molecule has 0 unspecified atom stereocenters. The average molecular weight is 347 g/mol. The highest BCUT2D eigenvalue weighted by Crippen LogP contribution is 2.35. The number of ether oxygens (including phenoxy) is 1. The van der Waals surface area contributed by atoms with E-state index in [1.54, 1.807) is 6.08 Å². The largest absolute Gasteiger partial charge is 0.486 e. The molecule has 0 spiro atoms. The highest BCUT2D eigenvalue weighted by atomic mass is 16.5. The lowest BCUT2D eigenvalue weighted by molar-refractivity contribution is 0.0833. The molecule has 2 atom stereocenters. The Morgan fingerprint density at radius 2 is 1.60 bits per heavy atom. The molecule has 0 amide bonds. The van der Waals surface area contributed by atoms with Gasteiger partial charge in [0.15, 0.2) is 0 Å². The van der Waals surface area contributed by atoms with Gasteiger partial charge >= 0.3 is 0 Å². The average Bonchev–Trinajstić information content (AvgIpc) is 2.69. The first-order chi connectivity index (χ1) is 12.2. The summed E-state index contributed by atoms with van der Waals surface area (Å²) in [5.74, 6) is 1.39. The van der Waals surface area contributed by atoms with E-state index < -0.39 is 0 Å². The van der Waals surface area contributed by atoms with Gasteiger partial charge < -0.3 is 4.74 Å². The van der Waals surface area contributed by atoms with Gasteiger partial charge in [-0.1, -0.05) is 98.1 Å². The zero-order valence-corrected chi connectivity index (χ0v) is 18.2. The molecule has 0 aromatic heterocycles. The van der Waals surface area contributed by atoms with Crippen LogP contribution in [0.2, 0.25) is 0 Å². The summed E-state index contributed by atoms with van der Waals surface area (Å²) in [6, 6.07) is 0. The fourth-order valence-corrected chi connectivity index (χ4v) is 2.31. The predicted octanol–water partition coefficient (Wildman–Crippen LogP) is 8.19. The van der Waals surface area contributed by atoms with Crippen LogP contribution in [0.5, 0.6) is 0 Å². The second-order valence-electron chi connectivity index (χ2n) is 4.70. The third kappa shape index (κ3) is 10.7. The van der Waals surface area contributed by atoms with E-state index in [4.69, 9.17) is 4.74 Å². The molecule has 0 aliphatic carbocycles. The third-order valence-corrected chi connectivity index (χ3v) is 3.26. The number of allylic oxidation sites excluding steroid dienone is 7. The SMILES string of the molecule is C=C/C=C(\C=C)[C@H]1OC(=C/C)/C(=C\C=C/C)C[C@H]1C.CC.CC.CC. The van der Waals surface area contributed by atoms with E-state index in [2.05, 4.69) is 32.2 Å². The van der Waals surface area contributed by atoms with Crippen molar-refractivity contribution in [2.75, 3.05) is 0 Å². The maximum atomic E-state index is 6.13. The van der Waals surface area contributed by atoms with Crippen molar-refractivity contribution in [2.24, 2.45) is 5.92 Å². The zero-order valence-electron chi connectivity index (χ0n) is 18.2. The topological polar surface area (TPSA) is 9.23 Å². The van der Waals surface area contributed by atoms with Crippen LogP contribution in [0, 0.1) is 5.92 Å². The van der Waals surface area contributed by atoms with Gasteiger partial charge in [0.05, 0.1) is 0 Å². The highest BCUT2D eigenvalue weighted by molar-refractivity contribution is 5.36. The van der Waals surface area contributed by atoms with Crippen LogP contribution in [-0.2, 0) is 4.74 Å². The van der Waals surface area contributed by atoms with Crippen LogP contribution < -0.4 is 0 Å². The second-order valence-corrected chi connectivity index (χ2v) is 4.70. The van der Waals surface area contributed by atoms with Crippen LogP contribution >= 0.6 is 0 Å². The van der Waals surface area contributed by atoms with E-state index in [0.717, 1.165) is 17.8 Å². The Hall–Kier alpha value is -1.76. The Morgan fingerprint density at radius 1 is 1.04 bits per heavy atom. The van der Waals surface area contributed by atoms with Crippen molar-refractivity contribution in [3.63, 3.8) is 0 Å². The molecule has 1 aliphatic rings. The van der Waals surface area contributed by atoms with Crippen LogP contribution in [-0.4, -0.2) is 6.10 Å². The molecule has 25 heavy (non-hydrogen) atoms. The first-order valence-electron chi connectivity index (χ1n) is 9.78. The summed E-state index contributed by atoms with van der Waals surface area (Å²) < 4.78 is 6.13. The first kappa shape index (κ1) is 28.1. The van der Waals surface area contributed by atoms with Gasteiger partial charge in [-0.2, -0.15) is 0 Å². The summed E-state index contributed by atoms with van der Waals surface area (Å²) in [4.78, 5) is 0. The van der Waals surface area contributed by atoms with Gasteiger partial charge in [0.2, 0.25) is 0 Å². The summed E-state index contributed by atoms with van der Waals surface area (Å²) in [5.41, 5.74) is 2.35. The summed E-state index contributed by atoms with van der Waals surface area (Å²) in [5, 5.41) is 0. The summed E-state index contributed by atoms with van der Waals surface area (Å²) in [7, 11) is 0. The van der Waals surface area contributed by atoms with Crippen LogP contribution in [0.15, 0.2) is 72.6 Å². The van der Waals surface area contributed by atoms with E-state index in [1.165, 1.54) is 5.57 Å². The van der Waals surface area contributed by atoms with Gasteiger partial charge in [-0.3, -0.25) is 0 Å². The third-order valence-electron chi connectivity index (χ3n) is 3.26. The predicted molar refractivity (Wildman–Crippen MR) is 118 cm³/mol. The van der Waals surface area contributed by atoms with Crippen LogP contribution in [0.25, 0.3) is 0 Å². The Labute approximate surface area is 158 Å². The van der Waals surface area contributed by atoms with Gasteiger partial charge in [0.1, 0.15) is 11.9 Å². The summed E-state index contributed by atoms with van der Waals surface area (Å²) >= 11 is 0. The van der Waals surface area contributed by atoms with Crippen LogP contribution in [0.4, 0.5) is 0 Å². The molecule has 1 saturated heterocycles. The lowest BCUT2D eigenvalue weighted by atomic mass is 9.87. The van der Waals surface area contributed by atoms with Crippen LogP contribution in [0.1, 0.15) is 68.7 Å². The van der Waals surface area contributed by atoms with Crippen molar-refractivity contribution in [3.8, 4) is 0 Å². The molecule has 1 rings (SSSR count). The Bertz CT molecular complexity index is 447. The molecule has 0 saturated carbocycles. The van der Waals surface area contributed by atoms with E-state index >= 15 is 0 Å². The maximum absolute atomic E-state index is 6.13. The first-order valence-corrected chi connectivity index (χ1v) is 9.78. The monoisotopic (exact) mass is 346 g/mol. The molecular formula is C24H42O. The minimum Gasteiger partial charge on any atom is -0.486 e. The standard InChI is InChI=1S/C18H24O.3C2H6/c1-6-10-12-16-13-14(5)18(19-17(16)9-4)15(8-3)11-7-2;3*1-2/h6-12,14,18H,2-3,13H2,1,4-5H3;3*1-2H3/b10-6-,15-11+,16-12-,17-9+;;;/t14-,18+;;;/m1.../s1. The fourth-order valence-electron chi connectivity index (χ4n) is 2.31. The van der Waals surface area contributed by atoms with Crippen molar-refractivity contribution >= 4 is 0 Å². The maximum Gasteiger partial charge on any atom is 0.127 e. The Balaban J connectivity index is -0.000000725. The molecule has 0 aromatic carbocycles. The molecule has 1 fully saturated rings. The molecule has 1 heterocycles. The minimum absolute atomic E-state index is 0.0597. The molecule has 0 radical (unpaired) electrons. The molecule has 1 heteroatoms. The lowest BCUT2D eigenvalue weighted by Gasteiger charge is -2.34. The smallest absolute Gasteiger partial charge is 0.127 e. The van der Waals surface area contributed by atoms with Crippen molar-refractivity contribution in [1.29, 1.82) is 0 Å². The molecule has 0 aromatic rings. The van der Waals surface area contributed by atoms with Crippen molar-refractivity contribution in [1.82, 2.24) is 0 Å². The van der Waals surface area contributed by atoms with Gasteiger partial charge in [-0.25, -0.2) is 0 Å². The van der Waals surface area contributed by atoms with Gasteiger partial charge in [-0.05, 0) is 37.5 Å². The van der Waals surface area contributed by atoms with E-state index in [-0.39, 0.29) is 6.10 Å². The molecule has 1 aliphatic heterocycles. The second kappa shape index (κ2) is 20.3. The minimum atomic E-state index is 0.0597. The quantitative estimate of drug-likeness (QED) is 0.466. The van der Waals surface area contributed by atoms with E-state index in [0.29, 0.717) is 5.92 Å². The number of hydrogen-bond donors (Lipinski definition) is 0. The Kier molecular flexibility index (Phi) is 22.8. The molecule has 0 N–H and O–H groups in total. The lowest BCUT2D eigenvalue weighted by Crippen LogP contribution is -2.29. The molecule has 0 bridgehead atoms.